The normalized spacial score (nSPS) is 12.9. The molecule has 3 nitrogen and oxygen atoms in total. The third-order valence-corrected chi connectivity index (χ3v) is 3.61. The molecule has 0 bridgehead atoms. The van der Waals surface area contributed by atoms with Crippen LogP contribution in [0.4, 0.5) is 0 Å². The van der Waals surface area contributed by atoms with Crippen molar-refractivity contribution in [1.29, 1.82) is 0 Å². The molecule has 1 aromatic heterocycles. The maximum atomic E-state index is 5.27. The molecule has 0 aliphatic rings. The Morgan fingerprint density at radius 1 is 1.56 bits per heavy atom. The highest BCUT2D eigenvalue weighted by molar-refractivity contribution is 7.99. The Hall–Kier alpha value is -0.450. The largest absolute Gasteiger partial charge is 0.468 e. The third-order valence-electron chi connectivity index (χ3n) is 2.30. The first-order valence-electron chi connectivity index (χ1n) is 5.67. The van der Waals surface area contributed by atoms with Crippen molar-refractivity contribution >= 4 is 11.8 Å². The predicted octanol–water partition coefficient (Wildman–Crippen LogP) is 2.69. The Balaban J connectivity index is 2.34. The van der Waals surface area contributed by atoms with Crippen LogP contribution in [-0.4, -0.2) is 32.1 Å². The fourth-order valence-corrected chi connectivity index (χ4v) is 2.43. The summed E-state index contributed by atoms with van der Waals surface area (Å²) in [5, 5.41) is 3.48. The molecule has 1 N–H and O–H groups in total. The number of rotatable bonds is 8. The predicted molar refractivity (Wildman–Crippen MR) is 68.1 cm³/mol. The molecule has 0 aliphatic heterocycles. The summed E-state index contributed by atoms with van der Waals surface area (Å²) in [5.41, 5.74) is 0. The van der Waals surface area contributed by atoms with Crippen LogP contribution in [0.2, 0.25) is 0 Å². The van der Waals surface area contributed by atoms with E-state index < -0.39 is 0 Å². The first-order valence-corrected chi connectivity index (χ1v) is 6.65. The zero-order chi connectivity index (χ0) is 11.8. The zero-order valence-corrected chi connectivity index (χ0v) is 11.1. The van der Waals surface area contributed by atoms with E-state index in [1.165, 1.54) is 4.90 Å². The molecule has 0 saturated carbocycles. The number of aryl methyl sites for hydroxylation is 1. The van der Waals surface area contributed by atoms with Crippen LogP contribution in [0.5, 0.6) is 0 Å². The second-order valence-corrected chi connectivity index (χ2v) is 4.82. The van der Waals surface area contributed by atoms with Crippen LogP contribution >= 0.6 is 11.8 Å². The molecule has 0 fully saturated rings. The lowest BCUT2D eigenvalue weighted by Crippen LogP contribution is -2.35. The number of furan rings is 1. The average molecular weight is 243 g/mol. The van der Waals surface area contributed by atoms with Gasteiger partial charge in [-0.25, -0.2) is 0 Å². The third kappa shape index (κ3) is 4.60. The van der Waals surface area contributed by atoms with Gasteiger partial charge in [-0.05, 0) is 26.0 Å². The van der Waals surface area contributed by atoms with Crippen LogP contribution < -0.4 is 5.32 Å². The summed E-state index contributed by atoms with van der Waals surface area (Å²) in [5.74, 6) is 2.01. The van der Waals surface area contributed by atoms with Crippen molar-refractivity contribution in [2.75, 3.05) is 26.0 Å². The Morgan fingerprint density at radius 3 is 2.94 bits per heavy atom. The quantitative estimate of drug-likeness (QED) is 0.712. The monoisotopic (exact) mass is 243 g/mol. The van der Waals surface area contributed by atoms with E-state index in [9.17, 15) is 0 Å². The van der Waals surface area contributed by atoms with Crippen molar-refractivity contribution in [2.45, 2.75) is 31.2 Å². The molecule has 1 aromatic rings. The van der Waals surface area contributed by atoms with Crippen molar-refractivity contribution in [2.24, 2.45) is 0 Å². The molecular formula is C12H21NO2S. The number of thioether (sulfide) groups is 1. The first kappa shape index (κ1) is 13.6. The number of nitrogens with one attached hydrogen (secondary N) is 1. The Kier molecular flexibility index (Phi) is 6.61. The molecule has 0 aliphatic carbocycles. The van der Waals surface area contributed by atoms with E-state index in [0.29, 0.717) is 6.04 Å². The van der Waals surface area contributed by atoms with Gasteiger partial charge in [0.1, 0.15) is 5.76 Å². The van der Waals surface area contributed by atoms with E-state index >= 15 is 0 Å². The van der Waals surface area contributed by atoms with Gasteiger partial charge in [-0.15, -0.1) is 11.8 Å². The standard InChI is InChI=1S/C12H21NO2S/c1-4-6-13-11(8-14-3)9-16-12-5-7-15-10(12)2/h5,7,11,13H,4,6,8-9H2,1-3H3. The second kappa shape index (κ2) is 7.76. The van der Waals surface area contributed by atoms with Crippen LogP contribution in [0.15, 0.2) is 21.6 Å². The first-order chi connectivity index (χ1) is 7.77. The lowest BCUT2D eigenvalue weighted by atomic mass is 10.3. The molecule has 0 spiro atoms. The number of methoxy groups -OCH3 is 1. The van der Waals surface area contributed by atoms with Crippen molar-refractivity contribution in [3.63, 3.8) is 0 Å². The van der Waals surface area contributed by atoms with Crippen molar-refractivity contribution in [1.82, 2.24) is 5.32 Å². The molecule has 16 heavy (non-hydrogen) atoms. The minimum atomic E-state index is 0.407. The topological polar surface area (TPSA) is 34.4 Å². The molecule has 0 saturated heterocycles. The smallest absolute Gasteiger partial charge is 0.114 e. The number of ether oxygens (including phenoxy) is 1. The number of hydrogen-bond donors (Lipinski definition) is 1. The van der Waals surface area contributed by atoms with E-state index in [4.69, 9.17) is 9.15 Å². The highest BCUT2D eigenvalue weighted by Gasteiger charge is 2.09. The summed E-state index contributed by atoms with van der Waals surface area (Å²) in [6, 6.07) is 2.42. The van der Waals surface area contributed by atoms with Crippen molar-refractivity contribution < 1.29 is 9.15 Å². The van der Waals surface area contributed by atoms with Gasteiger partial charge in [0.2, 0.25) is 0 Å². The lowest BCUT2D eigenvalue weighted by molar-refractivity contribution is 0.174. The van der Waals surface area contributed by atoms with E-state index in [1.54, 1.807) is 13.4 Å². The highest BCUT2D eigenvalue weighted by Crippen LogP contribution is 2.23. The maximum Gasteiger partial charge on any atom is 0.114 e. The van der Waals surface area contributed by atoms with Gasteiger partial charge >= 0.3 is 0 Å². The van der Waals surface area contributed by atoms with E-state index in [0.717, 1.165) is 31.1 Å². The fourth-order valence-electron chi connectivity index (χ4n) is 1.43. The lowest BCUT2D eigenvalue weighted by Gasteiger charge is -2.16. The van der Waals surface area contributed by atoms with Crippen LogP contribution in [-0.2, 0) is 4.74 Å². The van der Waals surface area contributed by atoms with E-state index in [-0.39, 0.29) is 0 Å². The molecule has 0 aromatic carbocycles. The van der Waals surface area contributed by atoms with Gasteiger partial charge in [-0.1, -0.05) is 6.92 Å². The molecular weight excluding hydrogens is 222 g/mol. The minimum absolute atomic E-state index is 0.407. The molecule has 0 radical (unpaired) electrons. The summed E-state index contributed by atoms with van der Waals surface area (Å²) in [4.78, 5) is 1.22. The minimum Gasteiger partial charge on any atom is -0.468 e. The summed E-state index contributed by atoms with van der Waals surface area (Å²) in [6.07, 6.45) is 2.89. The fraction of sp³-hybridized carbons (Fsp3) is 0.667. The Bertz CT molecular complexity index is 288. The molecule has 0 amide bonds. The Morgan fingerprint density at radius 2 is 2.38 bits per heavy atom. The maximum absolute atomic E-state index is 5.27. The van der Waals surface area contributed by atoms with Crippen LogP contribution in [0.25, 0.3) is 0 Å². The number of hydrogen-bond acceptors (Lipinski definition) is 4. The molecule has 1 atom stereocenters. The summed E-state index contributed by atoms with van der Waals surface area (Å²) < 4.78 is 10.5. The Labute approximate surface area is 102 Å². The average Bonchev–Trinajstić information content (AvgIpc) is 2.68. The molecule has 1 heterocycles. The van der Waals surface area contributed by atoms with Gasteiger partial charge in [0.05, 0.1) is 12.9 Å². The summed E-state index contributed by atoms with van der Waals surface area (Å²) in [7, 11) is 1.74. The summed E-state index contributed by atoms with van der Waals surface area (Å²) >= 11 is 1.82. The van der Waals surface area contributed by atoms with E-state index in [1.807, 2.05) is 24.8 Å². The van der Waals surface area contributed by atoms with Gasteiger partial charge in [-0.3, -0.25) is 0 Å². The van der Waals surface area contributed by atoms with Gasteiger partial charge in [0.15, 0.2) is 0 Å². The van der Waals surface area contributed by atoms with Gasteiger partial charge < -0.3 is 14.5 Å². The van der Waals surface area contributed by atoms with Gasteiger partial charge in [-0.2, -0.15) is 0 Å². The molecule has 1 unspecified atom stereocenters. The molecule has 92 valence electrons. The summed E-state index contributed by atoms with van der Waals surface area (Å²) in [6.45, 7) is 5.96. The van der Waals surface area contributed by atoms with Gasteiger partial charge in [0.25, 0.3) is 0 Å². The van der Waals surface area contributed by atoms with Crippen LogP contribution in [0.3, 0.4) is 0 Å². The van der Waals surface area contributed by atoms with Crippen molar-refractivity contribution in [3.8, 4) is 0 Å². The molecule has 1 rings (SSSR count). The van der Waals surface area contributed by atoms with Gasteiger partial charge in [0, 0.05) is 23.8 Å². The second-order valence-electron chi connectivity index (χ2n) is 3.76. The SMILES string of the molecule is CCCNC(COC)CSc1ccoc1C. The van der Waals surface area contributed by atoms with E-state index in [2.05, 4.69) is 12.2 Å². The zero-order valence-electron chi connectivity index (χ0n) is 10.3. The highest BCUT2D eigenvalue weighted by atomic mass is 32.2. The van der Waals surface area contributed by atoms with Crippen molar-refractivity contribution in [3.05, 3.63) is 18.1 Å². The molecule has 4 heteroatoms. The van der Waals surface area contributed by atoms with Crippen LogP contribution in [0.1, 0.15) is 19.1 Å². The van der Waals surface area contributed by atoms with Crippen LogP contribution in [0, 0.1) is 6.92 Å².